The minimum atomic E-state index is -4.34. The van der Waals surface area contributed by atoms with E-state index < -0.39 is 11.7 Å². The van der Waals surface area contributed by atoms with Crippen LogP contribution in [0.5, 0.6) is 0 Å². The maximum atomic E-state index is 12.4. The number of ketones is 1. The van der Waals surface area contributed by atoms with Crippen molar-refractivity contribution in [3.63, 3.8) is 0 Å². The van der Waals surface area contributed by atoms with E-state index in [1.165, 1.54) is 25.3 Å². The Labute approximate surface area is 107 Å². The van der Waals surface area contributed by atoms with Gasteiger partial charge in [-0.1, -0.05) is 12.1 Å². The Balaban J connectivity index is 2.13. The molecule has 1 aromatic carbocycles. The fourth-order valence-electron chi connectivity index (χ4n) is 1.54. The normalized spacial score (nSPS) is 11.6. The molecule has 0 radical (unpaired) electrons. The Kier molecular flexibility index (Phi) is 3.42. The molecule has 1 heterocycles. The van der Waals surface area contributed by atoms with Crippen LogP contribution < -0.4 is 0 Å². The van der Waals surface area contributed by atoms with Gasteiger partial charge in [-0.25, -0.2) is 4.98 Å². The summed E-state index contributed by atoms with van der Waals surface area (Å²) in [5, 5.41) is 0. The highest BCUT2D eigenvalue weighted by molar-refractivity contribution is 5.91. The minimum absolute atomic E-state index is 0.210. The predicted molar refractivity (Wildman–Crippen MR) is 60.8 cm³/mol. The van der Waals surface area contributed by atoms with E-state index >= 15 is 0 Å². The van der Waals surface area contributed by atoms with Crippen LogP contribution in [0.2, 0.25) is 0 Å². The molecular formula is C13H10F3NO2. The van der Waals surface area contributed by atoms with Crippen LogP contribution in [0.4, 0.5) is 13.2 Å². The van der Waals surface area contributed by atoms with E-state index in [1.807, 2.05) is 0 Å². The van der Waals surface area contributed by atoms with Crippen LogP contribution in [0.15, 0.2) is 34.9 Å². The van der Waals surface area contributed by atoms with Gasteiger partial charge in [-0.05, 0) is 17.7 Å². The van der Waals surface area contributed by atoms with E-state index in [0.29, 0.717) is 11.5 Å². The highest BCUT2D eigenvalue weighted by Crippen LogP contribution is 2.29. The van der Waals surface area contributed by atoms with Crippen molar-refractivity contribution < 1.29 is 22.4 Å². The third kappa shape index (κ3) is 3.21. The number of hydrogen-bond acceptors (Lipinski definition) is 3. The number of rotatable bonds is 3. The minimum Gasteiger partial charge on any atom is -0.448 e. The fourth-order valence-corrected chi connectivity index (χ4v) is 1.54. The second-order valence-electron chi connectivity index (χ2n) is 4.05. The average molecular weight is 269 g/mol. The van der Waals surface area contributed by atoms with E-state index in [1.54, 1.807) is 0 Å². The number of hydrogen-bond donors (Lipinski definition) is 0. The number of nitrogens with zero attached hydrogens (tertiary/aromatic N) is 1. The van der Waals surface area contributed by atoms with Gasteiger partial charge in [0.2, 0.25) is 0 Å². The van der Waals surface area contributed by atoms with Crippen molar-refractivity contribution in [2.75, 3.05) is 0 Å². The van der Waals surface area contributed by atoms with E-state index in [0.717, 1.165) is 12.1 Å². The topological polar surface area (TPSA) is 43.1 Å². The van der Waals surface area contributed by atoms with Crippen LogP contribution in [0, 0.1) is 0 Å². The smallest absolute Gasteiger partial charge is 0.416 e. The molecule has 0 saturated carbocycles. The van der Waals surface area contributed by atoms with Crippen molar-refractivity contribution in [1.82, 2.24) is 4.98 Å². The number of carbonyl (C=O) groups excluding carboxylic acids is 1. The molecule has 3 nitrogen and oxygen atoms in total. The molecule has 2 aromatic rings. The average Bonchev–Trinajstić information content (AvgIpc) is 2.77. The van der Waals surface area contributed by atoms with Crippen LogP contribution in [-0.2, 0) is 12.6 Å². The summed E-state index contributed by atoms with van der Waals surface area (Å²) in [5.41, 5.74) is 0.139. The van der Waals surface area contributed by atoms with Crippen molar-refractivity contribution in [3.8, 4) is 0 Å². The first-order chi connectivity index (χ1) is 8.86. The quantitative estimate of drug-likeness (QED) is 0.801. The third-order valence-electron chi connectivity index (χ3n) is 2.55. The molecule has 0 atom stereocenters. The van der Waals surface area contributed by atoms with Crippen molar-refractivity contribution in [2.24, 2.45) is 0 Å². The van der Waals surface area contributed by atoms with E-state index in [2.05, 4.69) is 4.98 Å². The van der Waals surface area contributed by atoms with Gasteiger partial charge in [0.15, 0.2) is 11.7 Å². The van der Waals surface area contributed by atoms with Gasteiger partial charge in [0.1, 0.15) is 12.0 Å². The van der Waals surface area contributed by atoms with Gasteiger partial charge in [0.05, 0.1) is 5.56 Å². The molecule has 0 N–H and O–H groups in total. The molecule has 6 heteroatoms. The highest BCUT2D eigenvalue weighted by Gasteiger charge is 2.29. The molecule has 1 aromatic heterocycles. The first kappa shape index (κ1) is 13.3. The number of carbonyl (C=O) groups is 1. The van der Waals surface area contributed by atoms with Crippen LogP contribution in [0.25, 0.3) is 0 Å². The van der Waals surface area contributed by atoms with Crippen LogP contribution in [0.3, 0.4) is 0 Å². The van der Waals surface area contributed by atoms with Crippen molar-refractivity contribution in [1.29, 1.82) is 0 Å². The summed E-state index contributed by atoms with van der Waals surface area (Å²) < 4.78 is 42.2. The first-order valence-corrected chi connectivity index (χ1v) is 5.48. The standard InChI is InChI=1S/C13H10F3NO2/c1-8(18)11-7-19-12(17-11)6-9-2-4-10(5-3-9)13(14,15)16/h2-5,7H,6H2,1H3. The number of oxazole rings is 1. The zero-order valence-corrected chi connectivity index (χ0v) is 9.99. The lowest BCUT2D eigenvalue weighted by Gasteiger charge is -2.06. The van der Waals surface area contributed by atoms with E-state index in [4.69, 9.17) is 4.42 Å². The second kappa shape index (κ2) is 4.87. The van der Waals surface area contributed by atoms with Crippen molar-refractivity contribution in [3.05, 3.63) is 53.2 Å². The summed E-state index contributed by atoms with van der Waals surface area (Å²) >= 11 is 0. The molecule has 0 aliphatic heterocycles. The number of alkyl halides is 3. The number of aromatic nitrogens is 1. The Bertz CT molecular complexity index is 585. The van der Waals surface area contributed by atoms with Crippen LogP contribution >= 0.6 is 0 Å². The largest absolute Gasteiger partial charge is 0.448 e. The molecule has 0 saturated heterocycles. The molecular weight excluding hydrogens is 259 g/mol. The highest BCUT2D eigenvalue weighted by atomic mass is 19.4. The molecule has 0 aliphatic rings. The summed E-state index contributed by atoms with van der Waals surface area (Å²) in [4.78, 5) is 15.0. The van der Waals surface area contributed by atoms with Crippen molar-refractivity contribution >= 4 is 5.78 Å². The molecule has 0 bridgehead atoms. The van der Waals surface area contributed by atoms with Crippen molar-refractivity contribution in [2.45, 2.75) is 19.5 Å². The van der Waals surface area contributed by atoms with E-state index in [-0.39, 0.29) is 17.9 Å². The lowest BCUT2D eigenvalue weighted by Crippen LogP contribution is -2.04. The Hall–Kier alpha value is -2.11. The maximum absolute atomic E-state index is 12.4. The molecule has 0 fully saturated rings. The zero-order chi connectivity index (χ0) is 14.0. The van der Waals surface area contributed by atoms with Gasteiger partial charge in [0.25, 0.3) is 0 Å². The molecule has 0 aliphatic carbocycles. The maximum Gasteiger partial charge on any atom is 0.416 e. The number of benzene rings is 1. The third-order valence-corrected chi connectivity index (χ3v) is 2.55. The van der Waals surface area contributed by atoms with Gasteiger partial charge in [-0.3, -0.25) is 4.79 Å². The van der Waals surface area contributed by atoms with Gasteiger partial charge in [-0.15, -0.1) is 0 Å². The summed E-state index contributed by atoms with van der Waals surface area (Å²) in [6.45, 7) is 1.36. The summed E-state index contributed by atoms with van der Waals surface area (Å²) in [5.74, 6) is 0.0763. The van der Waals surface area contributed by atoms with Gasteiger partial charge < -0.3 is 4.42 Å². The number of halogens is 3. The first-order valence-electron chi connectivity index (χ1n) is 5.48. The zero-order valence-electron chi connectivity index (χ0n) is 9.99. The lowest BCUT2D eigenvalue weighted by molar-refractivity contribution is -0.137. The van der Waals surface area contributed by atoms with Crippen LogP contribution in [0.1, 0.15) is 34.4 Å². The molecule has 0 spiro atoms. The Morgan fingerprint density at radius 2 is 1.89 bits per heavy atom. The Morgan fingerprint density at radius 1 is 1.26 bits per heavy atom. The Morgan fingerprint density at radius 3 is 2.37 bits per heavy atom. The van der Waals surface area contributed by atoms with Crippen LogP contribution in [-0.4, -0.2) is 10.8 Å². The molecule has 19 heavy (non-hydrogen) atoms. The molecule has 2 rings (SSSR count). The summed E-state index contributed by atoms with van der Waals surface area (Å²) in [6.07, 6.45) is -2.86. The fraction of sp³-hybridized carbons (Fsp3) is 0.231. The van der Waals surface area contributed by atoms with E-state index in [9.17, 15) is 18.0 Å². The predicted octanol–water partition coefficient (Wildman–Crippen LogP) is 3.49. The molecule has 100 valence electrons. The van der Waals surface area contributed by atoms with Gasteiger partial charge >= 0.3 is 6.18 Å². The molecule has 0 unspecified atom stereocenters. The van der Waals surface area contributed by atoms with Gasteiger partial charge in [-0.2, -0.15) is 13.2 Å². The lowest BCUT2D eigenvalue weighted by atomic mass is 10.1. The summed E-state index contributed by atoms with van der Waals surface area (Å²) in [6, 6.07) is 4.73. The second-order valence-corrected chi connectivity index (χ2v) is 4.05. The van der Waals surface area contributed by atoms with Gasteiger partial charge in [0, 0.05) is 13.3 Å². The SMILES string of the molecule is CC(=O)c1coc(Cc2ccc(C(F)(F)F)cc2)n1. The monoisotopic (exact) mass is 269 g/mol. The summed E-state index contributed by atoms with van der Waals surface area (Å²) in [7, 11) is 0. The number of Topliss-reactive ketones (excluding diaryl/α,β-unsaturated/α-hetero) is 1. The molecule has 0 amide bonds.